The van der Waals surface area contributed by atoms with Gasteiger partial charge in [0.2, 0.25) is 0 Å². The van der Waals surface area contributed by atoms with Crippen LogP contribution < -0.4 is 14.4 Å². The van der Waals surface area contributed by atoms with E-state index in [0.29, 0.717) is 47.4 Å². The first-order valence-corrected chi connectivity index (χ1v) is 17.6. The van der Waals surface area contributed by atoms with E-state index in [1.807, 2.05) is 25.7 Å². The van der Waals surface area contributed by atoms with Gasteiger partial charge in [0, 0.05) is 37.3 Å². The van der Waals surface area contributed by atoms with E-state index in [2.05, 4.69) is 39.7 Å². The third-order valence-electron chi connectivity index (χ3n) is 10.5. The third kappa shape index (κ3) is 6.54. The normalized spacial score (nSPS) is 21.9. The van der Waals surface area contributed by atoms with E-state index in [4.69, 9.17) is 30.4 Å². The third-order valence-corrected chi connectivity index (χ3v) is 10.5. The number of aromatic nitrogens is 3. The molecule has 5 heterocycles. The molecule has 2 aromatic carbocycles. The van der Waals surface area contributed by atoms with E-state index >= 15 is 8.78 Å². The summed E-state index contributed by atoms with van der Waals surface area (Å²) >= 11 is 0. The Bertz CT molecular complexity index is 2070. The molecule has 3 aliphatic rings. The van der Waals surface area contributed by atoms with Crippen molar-refractivity contribution in [3.8, 4) is 35.4 Å². The molecule has 7 rings (SSSR count). The minimum Gasteiger partial charge on any atom is -0.468 e. The van der Waals surface area contributed by atoms with Crippen molar-refractivity contribution in [2.45, 2.75) is 76.6 Å². The lowest BCUT2D eigenvalue weighted by molar-refractivity contribution is 0.0122. The molecule has 11 nitrogen and oxygen atoms in total. The first kappa shape index (κ1) is 35.6. The second-order valence-electron chi connectivity index (χ2n) is 15.2. The number of anilines is 1. The largest absolute Gasteiger partial charge is 0.468 e. The van der Waals surface area contributed by atoms with Gasteiger partial charge >= 0.3 is 12.1 Å². The van der Waals surface area contributed by atoms with Gasteiger partial charge in [0.25, 0.3) is 0 Å². The van der Waals surface area contributed by atoms with Gasteiger partial charge in [-0.1, -0.05) is 12.0 Å². The second-order valence-corrected chi connectivity index (χ2v) is 15.2. The van der Waals surface area contributed by atoms with Crippen molar-refractivity contribution < 1.29 is 32.5 Å². The standard InChI is InChI=1S/C39H44F2N6O5/c1-8-27-30(40)13-10-23-16-26(51-22-49-7)17-28(31(23)27)33-32(41)34-29(18-42-33)35(44-36(43-34)50-21-39(5)14-9-15-45(39)6)46-19-24-11-12-25(20-46)47(24)37(48)52-38(2,3)4/h1,10,13,16-18,24-25H,9,11-12,14-15,19-22H2,2-7H3/t24-,25+,39-/m0/s1. The number of likely N-dealkylation sites (N-methyl/N-ethyl adjacent to an activating group) is 1. The zero-order chi connectivity index (χ0) is 36.9. The number of piperazine rings is 1. The molecule has 1 amide bonds. The van der Waals surface area contributed by atoms with Gasteiger partial charge in [-0.25, -0.2) is 13.6 Å². The second kappa shape index (κ2) is 13.6. The molecule has 0 unspecified atom stereocenters. The SMILES string of the molecule is C#Cc1c(F)ccc2cc(OCOC)cc(-c3ncc4c(N5C[C@H]6CC[C@@H](C5)N6C(=O)OC(C)(C)C)nc(OC[C@]5(C)CCCN5C)nc4c3F)c12. The maximum Gasteiger partial charge on any atom is 0.410 e. The van der Waals surface area contributed by atoms with Crippen LogP contribution in [-0.2, 0) is 9.47 Å². The summed E-state index contributed by atoms with van der Waals surface area (Å²) in [7, 11) is 3.55. The fourth-order valence-corrected chi connectivity index (χ4v) is 7.72. The molecule has 4 aromatic rings. The topological polar surface area (TPSA) is 102 Å². The number of nitrogens with zero attached hydrogens (tertiary/aromatic N) is 6. The molecular weight excluding hydrogens is 670 g/mol. The number of amides is 1. The molecule has 2 aromatic heterocycles. The fraction of sp³-hybridized carbons (Fsp3) is 0.487. The van der Waals surface area contributed by atoms with E-state index in [9.17, 15) is 4.79 Å². The molecule has 13 heteroatoms. The monoisotopic (exact) mass is 714 g/mol. The van der Waals surface area contributed by atoms with Crippen molar-refractivity contribution in [1.29, 1.82) is 0 Å². The average molecular weight is 715 g/mol. The molecule has 52 heavy (non-hydrogen) atoms. The Morgan fingerprint density at radius 1 is 1.12 bits per heavy atom. The predicted octanol–water partition coefficient (Wildman–Crippen LogP) is 6.54. The average Bonchev–Trinajstić information content (AvgIpc) is 3.58. The summed E-state index contributed by atoms with van der Waals surface area (Å²) in [6.07, 6.45) is 10.6. The lowest BCUT2D eigenvalue weighted by Gasteiger charge is -2.42. The number of likely N-dealkylation sites (tertiary alicyclic amines) is 1. The fourth-order valence-electron chi connectivity index (χ4n) is 7.72. The number of halogens is 2. The number of carbonyl (C=O) groups is 1. The molecule has 3 atom stereocenters. The Morgan fingerprint density at radius 2 is 1.87 bits per heavy atom. The Morgan fingerprint density at radius 3 is 2.52 bits per heavy atom. The van der Waals surface area contributed by atoms with E-state index < -0.39 is 17.2 Å². The Labute approximate surface area is 302 Å². The first-order chi connectivity index (χ1) is 24.8. The Balaban J connectivity index is 1.35. The van der Waals surface area contributed by atoms with Gasteiger partial charge in [0.05, 0.1) is 28.6 Å². The highest BCUT2D eigenvalue weighted by molar-refractivity contribution is 6.03. The van der Waals surface area contributed by atoms with Gasteiger partial charge in [0.15, 0.2) is 12.6 Å². The van der Waals surface area contributed by atoms with Crippen molar-refractivity contribution in [3.63, 3.8) is 0 Å². The molecule has 274 valence electrons. The minimum atomic E-state index is -0.747. The molecule has 0 radical (unpaired) electrons. The highest BCUT2D eigenvalue weighted by Crippen LogP contribution is 2.41. The number of fused-ring (bicyclic) bond motifs is 4. The molecule has 0 spiro atoms. The van der Waals surface area contributed by atoms with Crippen LogP contribution in [0.5, 0.6) is 11.8 Å². The number of carbonyl (C=O) groups excluding carboxylic acids is 1. The van der Waals surface area contributed by atoms with Gasteiger partial charge in [-0.15, -0.1) is 6.42 Å². The van der Waals surface area contributed by atoms with Crippen LogP contribution in [-0.4, -0.2) is 101 Å². The van der Waals surface area contributed by atoms with Crippen LogP contribution in [0.1, 0.15) is 58.9 Å². The summed E-state index contributed by atoms with van der Waals surface area (Å²) in [5, 5.41) is 1.23. The lowest BCUT2D eigenvalue weighted by atomic mass is 9.95. The summed E-state index contributed by atoms with van der Waals surface area (Å²) in [6, 6.07) is 5.88. The predicted molar refractivity (Wildman–Crippen MR) is 193 cm³/mol. The molecule has 0 saturated carbocycles. The Kier molecular flexibility index (Phi) is 9.33. The van der Waals surface area contributed by atoms with E-state index in [0.717, 1.165) is 32.2 Å². The summed E-state index contributed by atoms with van der Waals surface area (Å²) < 4.78 is 55.2. The van der Waals surface area contributed by atoms with Gasteiger partial charge in [-0.2, -0.15) is 9.97 Å². The van der Waals surface area contributed by atoms with Crippen molar-refractivity contribution >= 4 is 33.6 Å². The first-order valence-electron chi connectivity index (χ1n) is 17.6. The van der Waals surface area contributed by atoms with Crippen LogP contribution in [0.25, 0.3) is 32.9 Å². The van der Waals surface area contributed by atoms with Crippen LogP contribution in [0, 0.1) is 24.0 Å². The van der Waals surface area contributed by atoms with Crippen molar-refractivity contribution in [2.24, 2.45) is 0 Å². The zero-order valence-electron chi connectivity index (χ0n) is 30.5. The van der Waals surface area contributed by atoms with Gasteiger partial charge in [-0.3, -0.25) is 14.8 Å². The smallest absolute Gasteiger partial charge is 0.410 e. The quantitative estimate of drug-likeness (QED) is 0.148. The van der Waals surface area contributed by atoms with Gasteiger partial charge < -0.3 is 23.8 Å². The summed E-state index contributed by atoms with van der Waals surface area (Å²) in [5.74, 6) is 1.89. The zero-order valence-corrected chi connectivity index (χ0v) is 30.5. The molecule has 3 saturated heterocycles. The number of ether oxygens (including phenoxy) is 4. The van der Waals surface area contributed by atoms with Crippen molar-refractivity contribution in [3.05, 3.63) is 47.7 Å². The molecule has 3 fully saturated rings. The van der Waals surface area contributed by atoms with E-state index in [-0.39, 0.29) is 58.9 Å². The van der Waals surface area contributed by atoms with Crippen LogP contribution in [0.3, 0.4) is 0 Å². The van der Waals surface area contributed by atoms with Crippen LogP contribution in [0.2, 0.25) is 0 Å². The molecule has 2 bridgehead atoms. The molecule has 0 aliphatic carbocycles. The van der Waals surface area contributed by atoms with E-state index in [1.54, 1.807) is 18.2 Å². The van der Waals surface area contributed by atoms with Gasteiger partial charge in [0.1, 0.15) is 40.8 Å². The molecule has 0 N–H and O–H groups in total. The maximum absolute atomic E-state index is 17.2. The summed E-state index contributed by atoms with van der Waals surface area (Å²) in [5.41, 5.74) is -0.743. The number of benzene rings is 2. The van der Waals surface area contributed by atoms with Crippen LogP contribution in [0.15, 0.2) is 30.5 Å². The number of pyridine rings is 1. The maximum atomic E-state index is 17.2. The molecular formula is C39H44F2N6O5. The number of rotatable bonds is 8. The van der Waals surface area contributed by atoms with Crippen molar-refractivity contribution in [2.75, 3.05) is 52.1 Å². The Hall–Kier alpha value is -4.80. The molecule has 3 aliphatic heterocycles. The van der Waals surface area contributed by atoms with Crippen LogP contribution >= 0.6 is 0 Å². The number of hydrogen-bond acceptors (Lipinski definition) is 10. The van der Waals surface area contributed by atoms with Crippen molar-refractivity contribution in [1.82, 2.24) is 24.8 Å². The minimum absolute atomic E-state index is 0.00753. The highest BCUT2D eigenvalue weighted by Gasteiger charge is 2.45. The number of methoxy groups -OCH3 is 1. The summed E-state index contributed by atoms with van der Waals surface area (Å²) in [6.45, 7) is 9.80. The number of hydrogen-bond donors (Lipinski definition) is 0. The highest BCUT2D eigenvalue weighted by atomic mass is 19.1. The van der Waals surface area contributed by atoms with Crippen LogP contribution in [0.4, 0.5) is 19.4 Å². The summed E-state index contributed by atoms with van der Waals surface area (Å²) in [4.78, 5) is 33.5. The van der Waals surface area contributed by atoms with E-state index in [1.165, 1.54) is 19.4 Å². The lowest BCUT2D eigenvalue weighted by Crippen LogP contribution is -2.57. The number of terminal acetylenes is 1. The van der Waals surface area contributed by atoms with Gasteiger partial charge in [-0.05, 0) is 90.6 Å².